The fourth-order valence-electron chi connectivity index (χ4n) is 2.18. The zero-order chi connectivity index (χ0) is 18.8. The van der Waals surface area contributed by atoms with Crippen LogP contribution in [-0.4, -0.2) is 38.6 Å². The molecule has 138 valence electrons. The number of nitrogens with one attached hydrogen (secondary N) is 3. The molecule has 0 aromatic heterocycles. The van der Waals surface area contributed by atoms with E-state index in [-0.39, 0.29) is 18.4 Å². The first kappa shape index (κ1) is 19.8. The molecule has 0 saturated carbocycles. The van der Waals surface area contributed by atoms with Crippen LogP contribution in [0.3, 0.4) is 0 Å². The van der Waals surface area contributed by atoms with E-state index < -0.39 is 0 Å². The van der Waals surface area contributed by atoms with Gasteiger partial charge in [0.2, 0.25) is 5.91 Å². The zero-order valence-corrected chi connectivity index (χ0v) is 15.3. The van der Waals surface area contributed by atoms with E-state index in [9.17, 15) is 9.59 Å². The Morgan fingerprint density at radius 3 is 2.31 bits per heavy atom. The van der Waals surface area contributed by atoms with Gasteiger partial charge >= 0.3 is 0 Å². The molecule has 7 heteroatoms. The minimum Gasteiger partial charge on any atom is -0.385 e. The molecule has 0 heterocycles. The summed E-state index contributed by atoms with van der Waals surface area (Å²) in [5.74, 6) is -0.333. The Balaban J connectivity index is 1.77. The average Bonchev–Trinajstić information content (AvgIpc) is 2.65. The summed E-state index contributed by atoms with van der Waals surface area (Å²) in [5, 5.41) is 9.24. The molecule has 3 N–H and O–H groups in total. The molecule has 26 heavy (non-hydrogen) atoms. The quantitative estimate of drug-likeness (QED) is 0.588. The lowest BCUT2D eigenvalue weighted by molar-refractivity contribution is -0.114. The van der Waals surface area contributed by atoms with Gasteiger partial charge in [0.05, 0.1) is 6.54 Å². The van der Waals surface area contributed by atoms with E-state index in [1.165, 1.54) is 0 Å². The van der Waals surface area contributed by atoms with Gasteiger partial charge in [-0.3, -0.25) is 9.59 Å². The van der Waals surface area contributed by atoms with Gasteiger partial charge < -0.3 is 20.7 Å². The predicted octanol–water partition coefficient (Wildman–Crippen LogP) is 3.16. The van der Waals surface area contributed by atoms with Crippen LogP contribution in [0.25, 0.3) is 0 Å². The van der Waals surface area contributed by atoms with E-state index in [1.807, 2.05) is 0 Å². The van der Waals surface area contributed by atoms with Crippen molar-refractivity contribution in [3.63, 3.8) is 0 Å². The summed E-state index contributed by atoms with van der Waals surface area (Å²) in [6.07, 6.45) is 0.761. The molecule has 0 aliphatic heterocycles. The van der Waals surface area contributed by atoms with Gasteiger partial charge in [0.15, 0.2) is 0 Å². The highest BCUT2D eigenvalue weighted by Crippen LogP contribution is 2.13. The highest BCUT2D eigenvalue weighted by Gasteiger charge is 2.06. The number of carbonyl (C=O) groups is 2. The first-order chi connectivity index (χ1) is 12.6. The van der Waals surface area contributed by atoms with Crippen LogP contribution in [0, 0.1) is 0 Å². The van der Waals surface area contributed by atoms with E-state index in [4.69, 9.17) is 16.3 Å². The van der Waals surface area contributed by atoms with E-state index in [1.54, 1.807) is 55.6 Å². The van der Waals surface area contributed by atoms with E-state index in [2.05, 4.69) is 16.0 Å². The van der Waals surface area contributed by atoms with Crippen LogP contribution in [0.5, 0.6) is 0 Å². The van der Waals surface area contributed by atoms with Gasteiger partial charge in [0, 0.05) is 42.2 Å². The SMILES string of the molecule is COCCCNC(=O)c1ccc(NC(=O)CNc2ccc(Cl)cc2)cc1. The van der Waals surface area contributed by atoms with Crippen LogP contribution in [0.15, 0.2) is 48.5 Å². The maximum Gasteiger partial charge on any atom is 0.251 e. The highest BCUT2D eigenvalue weighted by molar-refractivity contribution is 6.30. The lowest BCUT2D eigenvalue weighted by Crippen LogP contribution is -2.25. The molecular formula is C19H22ClN3O3. The maximum absolute atomic E-state index is 12.0. The smallest absolute Gasteiger partial charge is 0.251 e. The fraction of sp³-hybridized carbons (Fsp3) is 0.263. The molecule has 0 atom stereocenters. The van der Waals surface area contributed by atoms with Crippen LogP contribution in [0.1, 0.15) is 16.8 Å². The number of methoxy groups -OCH3 is 1. The summed E-state index contributed by atoms with van der Waals surface area (Å²) < 4.78 is 4.93. The molecule has 0 aliphatic carbocycles. The van der Waals surface area contributed by atoms with Crippen molar-refractivity contribution < 1.29 is 14.3 Å². The topological polar surface area (TPSA) is 79.5 Å². The van der Waals surface area contributed by atoms with Crippen LogP contribution in [0.4, 0.5) is 11.4 Å². The number of amides is 2. The Labute approximate surface area is 157 Å². The first-order valence-corrected chi connectivity index (χ1v) is 8.63. The van der Waals surface area contributed by atoms with Crippen molar-refractivity contribution in [1.82, 2.24) is 5.32 Å². The fourth-order valence-corrected chi connectivity index (χ4v) is 2.31. The lowest BCUT2D eigenvalue weighted by Gasteiger charge is -2.09. The van der Waals surface area contributed by atoms with Crippen molar-refractivity contribution in [2.75, 3.05) is 37.4 Å². The molecule has 0 unspecified atom stereocenters. The Kier molecular flexibility index (Phi) is 7.92. The number of hydrogen-bond acceptors (Lipinski definition) is 4. The second kappa shape index (κ2) is 10.4. The van der Waals surface area contributed by atoms with Gasteiger partial charge in [0.1, 0.15) is 0 Å². The van der Waals surface area contributed by atoms with Crippen molar-refractivity contribution in [1.29, 1.82) is 0 Å². The monoisotopic (exact) mass is 375 g/mol. The van der Waals surface area contributed by atoms with Crippen LogP contribution in [-0.2, 0) is 9.53 Å². The van der Waals surface area contributed by atoms with Gasteiger partial charge in [-0.05, 0) is 55.0 Å². The zero-order valence-electron chi connectivity index (χ0n) is 14.5. The Morgan fingerprint density at radius 2 is 1.65 bits per heavy atom. The second-order valence-electron chi connectivity index (χ2n) is 5.59. The summed E-state index contributed by atoms with van der Waals surface area (Å²) >= 11 is 5.82. The lowest BCUT2D eigenvalue weighted by atomic mass is 10.2. The van der Waals surface area contributed by atoms with E-state index >= 15 is 0 Å². The Bertz CT molecular complexity index is 718. The standard InChI is InChI=1S/C19H22ClN3O3/c1-26-12-2-11-21-19(25)14-3-7-17(8-4-14)23-18(24)13-22-16-9-5-15(20)6-10-16/h3-10,22H,2,11-13H2,1H3,(H,21,25)(H,23,24). The summed E-state index contributed by atoms with van der Waals surface area (Å²) in [4.78, 5) is 23.9. The summed E-state index contributed by atoms with van der Waals surface area (Å²) in [5.41, 5.74) is 1.98. The molecule has 0 fully saturated rings. The van der Waals surface area contributed by atoms with Gasteiger partial charge in [-0.25, -0.2) is 0 Å². The van der Waals surface area contributed by atoms with Gasteiger partial charge in [-0.15, -0.1) is 0 Å². The third-order valence-electron chi connectivity index (χ3n) is 3.54. The van der Waals surface area contributed by atoms with Gasteiger partial charge in [0.25, 0.3) is 5.91 Å². The highest BCUT2D eigenvalue weighted by atomic mass is 35.5. The van der Waals surface area contributed by atoms with Crippen LogP contribution >= 0.6 is 11.6 Å². The van der Waals surface area contributed by atoms with Crippen molar-refractivity contribution in [3.8, 4) is 0 Å². The maximum atomic E-state index is 12.0. The number of halogens is 1. The van der Waals surface area contributed by atoms with Crippen molar-refractivity contribution >= 4 is 34.8 Å². The minimum absolute atomic E-state index is 0.128. The first-order valence-electron chi connectivity index (χ1n) is 8.25. The molecule has 2 amide bonds. The third kappa shape index (κ3) is 6.74. The van der Waals surface area contributed by atoms with E-state index in [0.29, 0.717) is 29.4 Å². The van der Waals surface area contributed by atoms with Crippen LogP contribution in [0.2, 0.25) is 5.02 Å². The van der Waals surface area contributed by atoms with Crippen LogP contribution < -0.4 is 16.0 Å². The predicted molar refractivity (Wildman–Crippen MR) is 104 cm³/mol. The average molecular weight is 376 g/mol. The Morgan fingerprint density at radius 1 is 1.00 bits per heavy atom. The number of rotatable bonds is 9. The normalized spacial score (nSPS) is 10.2. The third-order valence-corrected chi connectivity index (χ3v) is 3.79. The molecule has 2 aromatic carbocycles. The minimum atomic E-state index is -0.184. The Hall–Kier alpha value is -2.57. The molecule has 0 saturated heterocycles. The number of anilines is 2. The molecule has 0 radical (unpaired) electrons. The number of ether oxygens (including phenoxy) is 1. The molecular weight excluding hydrogens is 354 g/mol. The molecule has 0 bridgehead atoms. The number of carbonyl (C=O) groups excluding carboxylic acids is 2. The molecule has 2 rings (SSSR count). The molecule has 0 aliphatic rings. The van der Waals surface area contributed by atoms with Crippen molar-refractivity contribution in [2.45, 2.75) is 6.42 Å². The second-order valence-corrected chi connectivity index (χ2v) is 6.02. The largest absolute Gasteiger partial charge is 0.385 e. The van der Waals surface area contributed by atoms with Gasteiger partial charge in [-0.2, -0.15) is 0 Å². The molecule has 0 spiro atoms. The summed E-state index contributed by atoms with van der Waals surface area (Å²) in [7, 11) is 1.62. The van der Waals surface area contributed by atoms with Gasteiger partial charge in [-0.1, -0.05) is 11.6 Å². The summed E-state index contributed by atoms with van der Waals surface area (Å²) in [6, 6.07) is 13.9. The number of benzene rings is 2. The van der Waals surface area contributed by atoms with Crippen molar-refractivity contribution in [2.24, 2.45) is 0 Å². The number of hydrogen-bond donors (Lipinski definition) is 3. The van der Waals surface area contributed by atoms with E-state index in [0.717, 1.165) is 12.1 Å². The summed E-state index contributed by atoms with van der Waals surface area (Å²) in [6.45, 7) is 1.29. The molecule has 6 nitrogen and oxygen atoms in total. The molecule has 2 aromatic rings. The van der Waals surface area contributed by atoms with Crippen molar-refractivity contribution in [3.05, 3.63) is 59.1 Å².